The molecule has 3 saturated carbocycles. The number of allylic oxidation sites excluding steroid dienone is 1. The molecule has 8 heteroatoms. The van der Waals surface area contributed by atoms with Crippen molar-refractivity contribution in [1.29, 1.82) is 0 Å². The summed E-state index contributed by atoms with van der Waals surface area (Å²) < 4.78 is 5.79. The van der Waals surface area contributed by atoms with Gasteiger partial charge in [-0.2, -0.15) is 0 Å². The number of Topliss-reactive ketones (excluding diaryl/α,β-unsaturated/α-hetero) is 3. The summed E-state index contributed by atoms with van der Waals surface area (Å²) in [7, 11) is 0. The Bertz CT molecular complexity index is 1050. The molecule has 0 radical (unpaired) electrons. The Balaban J connectivity index is 1.52. The maximum Gasteiger partial charge on any atom is 0.408 e. The van der Waals surface area contributed by atoms with E-state index in [1.807, 2.05) is 6.92 Å². The molecule has 4 rings (SSSR count). The third-order valence-corrected chi connectivity index (χ3v) is 10.8. The van der Waals surface area contributed by atoms with Crippen LogP contribution in [-0.2, 0) is 23.9 Å². The van der Waals surface area contributed by atoms with Gasteiger partial charge in [0.1, 0.15) is 12.1 Å². The van der Waals surface area contributed by atoms with E-state index in [4.69, 9.17) is 4.74 Å². The standard InChI is InChI=1S/C34H52N2O6/c1-6-8-17-25(37)31(39)23(13-7-2)19-26(38)30-28-24(34(28,4)5)20-36(30)32(40)29(22-15-10-9-11-16-22)35-33(41)42-27-18-12-14-21(27)3/h6,21-24,27-30H,1,7-20H2,2-5H3,(H,35,41)/t21-,23?,24-,27-,28-,29-,30+/m0/s1. The quantitative estimate of drug-likeness (QED) is 0.204. The van der Waals surface area contributed by atoms with E-state index in [1.165, 1.54) is 0 Å². The second kappa shape index (κ2) is 13.9. The topological polar surface area (TPSA) is 110 Å². The molecule has 0 spiro atoms. The van der Waals surface area contributed by atoms with Gasteiger partial charge in [0, 0.05) is 25.3 Å². The zero-order valence-corrected chi connectivity index (χ0v) is 26.2. The van der Waals surface area contributed by atoms with Gasteiger partial charge in [-0.3, -0.25) is 19.2 Å². The van der Waals surface area contributed by atoms with E-state index < -0.39 is 35.7 Å². The first-order valence-corrected chi connectivity index (χ1v) is 16.5. The Kier molecular flexibility index (Phi) is 10.7. The number of alkyl carbamates (subject to hydrolysis) is 1. The van der Waals surface area contributed by atoms with Crippen LogP contribution in [0.2, 0.25) is 0 Å². The molecule has 0 aromatic carbocycles. The number of nitrogens with zero attached hydrogens (tertiary/aromatic N) is 1. The molecule has 234 valence electrons. The molecule has 3 aliphatic carbocycles. The molecule has 4 fully saturated rings. The zero-order chi connectivity index (χ0) is 30.6. The fraction of sp³-hybridized carbons (Fsp3) is 0.794. The highest BCUT2D eigenvalue weighted by Gasteiger charge is 2.69. The van der Waals surface area contributed by atoms with Crippen LogP contribution in [0.5, 0.6) is 0 Å². The molecule has 42 heavy (non-hydrogen) atoms. The van der Waals surface area contributed by atoms with Crippen LogP contribution < -0.4 is 5.32 Å². The van der Waals surface area contributed by atoms with Crippen LogP contribution in [-0.4, -0.2) is 59.0 Å². The van der Waals surface area contributed by atoms with Gasteiger partial charge in [-0.05, 0) is 74.0 Å². The molecular weight excluding hydrogens is 532 g/mol. The summed E-state index contributed by atoms with van der Waals surface area (Å²) in [6.45, 7) is 12.4. The van der Waals surface area contributed by atoms with Crippen LogP contribution in [0.25, 0.3) is 0 Å². The molecule has 7 atom stereocenters. The van der Waals surface area contributed by atoms with E-state index in [9.17, 15) is 24.0 Å². The van der Waals surface area contributed by atoms with Crippen LogP contribution in [0.15, 0.2) is 12.7 Å². The average molecular weight is 585 g/mol. The molecule has 1 heterocycles. The minimum absolute atomic E-state index is 0.00242. The monoisotopic (exact) mass is 584 g/mol. The summed E-state index contributed by atoms with van der Waals surface area (Å²) in [5.74, 6) is -1.46. The van der Waals surface area contributed by atoms with Crippen molar-refractivity contribution in [3.05, 3.63) is 12.7 Å². The average Bonchev–Trinajstić information content (AvgIpc) is 3.30. The number of ether oxygens (including phenoxy) is 1. The van der Waals surface area contributed by atoms with Crippen molar-refractivity contribution >= 4 is 29.4 Å². The van der Waals surface area contributed by atoms with Crippen molar-refractivity contribution in [3.63, 3.8) is 0 Å². The highest BCUT2D eigenvalue weighted by Crippen LogP contribution is 2.65. The third kappa shape index (κ3) is 6.99. The van der Waals surface area contributed by atoms with Gasteiger partial charge in [0.15, 0.2) is 11.6 Å². The van der Waals surface area contributed by atoms with Crippen molar-refractivity contribution in [2.24, 2.45) is 35.0 Å². The molecule has 1 aliphatic heterocycles. The third-order valence-electron chi connectivity index (χ3n) is 10.8. The SMILES string of the molecule is C=CCCC(=O)C(=O)C(CCC)CC(=O)[C@@H]1[C@@H]2[C@H](CN1C(=O)[C@@H](NC(=O)O[C@H]1CCC[C@@H]1C)C1CCCCC1)C2(C)C. The lowest BCUT2D eigenvalue weighted by Crippen LogP contribution is -2.57. The fourth-order valence-corrected chi connectivity index (χ4v) is 8.12. The van der Waals surface area contributed by atoms with Crippen molar-refractivity contribution in [1.82, 2.24) is 10.2 Å². The predicted octanol–water partition coefficient (Wildman–Crippen LogP) is 5.81. The summed E-state index contributed by atoms with van der Waals surface area (Å²) in [5.41, 5.74) is -0.0769. The maximum absolute atomic E-state index is 14.3. The zero-order valence-electron chi connectivity index (χ0n) is 26.2. The first-order chi connectivity index (χ1) is 20.0. The summed E-state index contributed by atoms with van der Waals surface area (Å²) in [5, 5.41) is 2.96. The lowest BCUT2D eigenvalue weighted by atomic mass is 9.82. The number of amides is 2. The number of hydrogen-bond donors (Lipinski definition) is 1. The lowest BCUT2D eigenvalue weighted by molar-refractivity contribution is -0.144. The van der Waals surface area contributed by atoms with Gasteiger partial charge in [0.05, 0.1) is 6.04 Å². The molecule has 8 nitrogen and oxygen atoms in total. The van der Waals surface area contributed by atoms with Crippen molar-refractivity contribution < 1.29 is 28.7 Å². The van der Waals surface area contributed by atoms with E-state index in [2.05, 4.69) is 32.7 Å². The number of likely N-dealkylation sites (tertiary alicyclic amines) is 1. The molecule has 2 amide bonds. The van der Waals surface area contributed by atoms with Crippen LogP contribution in [0.3, 0.4) is 0 Å². The number of carbonyl (C=O) groups excluding carboxylic acids is 5. The maximum atomic E-state index is 14.3. The second-order valence-corrected chi connectivity index (χ2v) is 14.0. The summed E-state index contributed by atoms with van der Waals surface area (Å²) >= 11 is 0. The molecule has 0 aromatic rings. The largest absolute Gasteiger partial charge is 0.446 e. The van der Waals surface area contributed by atoms with Gasteiger partial charge in [-0.15, -0.1) is 6.58 Å². The van der Waals surface area contributed by atoms with E-state index in [0.717, 1.165) is 51.4 Å². The first kappa shape index (κ1) is 32.4. The number of piperidine rings is 1. The molecular formula is C34H52N2O6. The Morgan fingerprint density at radius 2 is 1.76 bits per heavy atom. The van der Waals surface area contributed by atoms with Gasteiger partial charge in [0.25, 0.3) is 0 Å². The number of carbonyl (C=O) groups is 5. The van der Waals surface area contributed by atoms with Gasteiger partial charge in [0.2, 0.25) is 11.7 Å². The van der Waals surface area contributed by atoms with Crippen molar-refractivity contribution in [2.75, 3.05) is 6.54 Å². The van der Waals surface area contributed by atoms with Gasteiger partial charge in [-0.1, -0.05) is 59.5 Å². The minimum atomic E-state index is -0.737. The van der Waals surface area contributed by atoms with Crippen molar-refractivity contribution in [3.8, 4) is 0 Å². The molecule has 1 unspecified atom stereocenters. The summed E-state index contributed by atoms with van der Waals surface area (Å²) in [6.07, 6.45) is 10.3. The highest BCUT2D eigenvalue weighted by atomic mass is 16.6. The van der Waals surface area contributed by atoms with Gasteiger partial charge < -0.3 is 15.0 Å². The smallest absolute Gasteiger partial charge is 0.408 e. The number of fused-ring (bicyclic) bond motifs is 1. The number of hydrogen-bond acceptors (Lipinski definition) is 6. The normalized spacial score (nSPS) is 29.7. The van der Waals surface area contributed by atoms with Crippen LogP contribution in [0.4, 0.5) is 4.79 Å². The molecule has 1 saturated heterocycles. The number of ketones is 3. The Morgan fingerprint density at radius 1 is 1.05 bits per heavy atom. The van der Waals surface area contributed by atoms with Crippen LogP contribution >= 0.6 is 0 Å². The van der Waals surface area contributed by atoms with E-state index >= 15 is 0 Å². The lowest BCUT2D eigenvalue weighted by Gasteiger charge is -2.37. The Labute approximate surface area is 251 Å². The van der Waals surface area contributed by atoms with Crippen LogP contribution in [0.1, 0.15) is 111 Å². The second-order valence-electron chi connectivity index (χ2n) is 14.0. The van der Waals surface area contributed by atoms with E-state index in [0.29, 0.717) is 31.7 Å². The first-order valence-electron chi connectivity index (χ1n) is 16.5. The Morgan fingerprint density at radius 3 is 2.38 bits per heavy atom. The van der Waals surface area contributed by atoms with Crippen molar-refractivity contribution in [2.45, 2.75) is 129 Å². The van der Waals surface area contributed by atoms with Crippen LogP contribution in [0, 0.1) is 35.0 Å². The number of nitrogens with one attached hydrogen (secondary N) is 1. The molecule has 1 N–H and O–H groups in total. The molecule has 0 aromatic heterocycles. The molecule has 4 aliphatic rings. The summed E-state index contributed by atoms with van der Waals surface area (Å²) in [4.78, 5) is 68.7. The fourth-order valence-electron chi connectivity index (χ4n) is 8.12. The summed E-state index contributed by atoms with van der Waals surface area (Å²) in [6, 6.07) is -1.38. The van der Waals surface area contributed by atoms with E-state index in [1.54, 1.807) is 11.0 Å². The van der Waals surface area contributed by atoms with Gasteiger partial charge in [-0.25, -0.2) is 4.79 Å². The number of rotatable bonds is 14. The Hall–Kier alpha value is -2.51. The minimum Gasteiger partial charge on any atom is -0.446 e. The molecule has 0 bridgehead atoms. The van der Waals surface area contributed by atoms with Gasteiger partial charge >= 0.3 is 6.09 Å². The highest BCUT2D eigenvalue weighted by molar-refractivity contribution is 6.38. The predicted molar refractivity (Wildman–Crippen MR) is 161 cm³/mol. The van der Waals surface area contributed by atoms with E-state index in [-0.39, 0.29) is 53.8 Å².